The van der Waals surface area contributed by atoms with Gasteiger partial charge in [0.15, 0.2) is 0 Å². The summed E-state index contributed by atoms with van der Waals surface area (Å²) in [6.45, 7) is 0. The highest BCUT2D eigenvalue weighted by molar-refractivity contribution is 6.18. The van der Waals surface area contributed by atoms with E-state index in [2.05, 4.69) is 233 Å². The fraction of sp³-hybridized carbons (Fsp3) is 0. The summed E-state index contributed by atoms with van der Waals surface area (Å²) in [6, 6.07) is 81.5. The standard InChI is InChI=1S/C59H39N3/c1-6-17-40(18-7-1)46-35-50(42-21-10-3-11-22-42)58-54(37-46)52-33-44(28-30-56(52)61(58)48-25-14-5-15-26-48)45-29-31-57-53(34-45)55-38-47(41-19-8-2-9-20-41)36-51(43-23-12-4-13-24-43)59(55)62(57)49-27-16-32-60-39-49/h1-39H. The van der Waals surface area contributed by atoms with Gasteiger partial charge in [-0.15, -0.1) is 0 Å². The third-order valence-corrected chi connectivity index (χ3v) is 12.4. The van der Waals surface area contributed by atoms with E-state index in [9.17, 15) is 0 Å². The normalized spacial score (nSPS) is 11.5. The van der Waals surface area contributed by atoms with Gasteiger partial charge in [-0.05, 0) is 117 Å². The van der Waals surface area contributed by atoms with Crippen molar-refractivity contribution in [3.63, 3.8) is 0 Å². The van der Waals surface area contributed by atoms with Crippen LogP contribution in [0.5, 0.6) is 0 Å². The van der Waals surface area contributed by atoms with E-state index in [1.54, 1.807) is 0 Å². The van der Waals surface area contributed by atoms with Crippen molar-refractivity contribution in [3.05, 3.63) is 237 Å². The molecule has 0 saturated heterocycles. The van der Waals surface area contributed by atoms with Crippen molar-refractivity contribution in [1.82, 2.24) is 14.1 Å². The van der Waals surface area contributed by atoms with E-state index < -0.39 is 0 Å². The van der Waals surface area contributed by atoms with Gasteiger partial charge in [-0.2, -0.15) is 0 Å². The monoisotopic (exact) mass is 789 g/mol. The molecule has 290 valence electrons. The van der Waals surface area contributed by atoms with Crippen LogP contribution in [0, 0.1) is 0 Å². The smallest absolute Gasteiger partial charge is 0.0645 e. The van der Waals surface area contributed by atoms with Gasteiger partial charge in [0.25, 0.3) is 0 Å². The molecule has 3 heterocycles. The van der Waals surface area contributed by atoms with Crippen LogP contribution in [-0.2, 0) is 0 Å². The van der Waals surface area contributed by atoms with Crippen molar-refractivity contribution in [2.24, 2.45) is 0 Å². The van der Waals surface area contributed by atoms with Crippen molar-refractivity contribution in [3.8, 4) is 67.0 Å². The largest absolute Gasteiger partial charge is 0.309 e. The van der Waals surface area contributed by atoms with Gasteiger partial charge in [-0.25, -0.2) is 0 Å². The molecule has 0 unspecified atom stereocenters. The highest BCUT2D eigenvalue weighted by Crippen LogP contribution is 2.45. The predicted octanol–water partition coefficient (Wildman–Crippen LogP) is 15.6. The zero-order valence-corrected chi connectivity index (χ0v) is 33.9. The Labute approximate surface area is 360 Å². The van der Waals surface area contributed by atoms with Crippen molar-refractivity contribution >= 4 is 43.6 Å². The van der Waals surface area contributed by atoms with E-state index in [0.717, 1.165) is 16.9 Å². The summed E-state index contributed by atoms with van der Waals surface area (Å²) in [5, 5.41) is 4.83. The summed E-state index contributed by atoms with van der Waals surface area (Å²) in [5.74, 6) is 0. The highest BCUT2D eigenvalue weighted by atomic mass is 15.0. The van der Waals surface area contributed by atoms with Crippen LogP contribution in [0.3, 0.4) is 0 Å². The average Bonchev–Trinajstić information content (AvgIpc) is 3.87. The van der Waals surface area contributed by atoms with Crippen molar-refractivity contribution < 1.29 is 0 Å². The molecule has 12 rings (SSSR count). The van der Waals surface area contributed by atoms with Gasteiger partial charge in [0.2, 0.25) is 0 Å². The number of pyridine rings is 1. The average molecular weight is 790 g/mol. The highest BCUT2D eigenvalue weighted by Gasteiger charge is 2.22. The van der Waals surface area contributed by atoms with Gasteiger partial charge >= 0.3 is 0 Å². The molecule has 62 heavy (non-hydrogen) atoms. The van der Waals surface area contributed by atoms with Gasteiger partial charge < -0.3 is 9.13 Å². The van der Waals surface area contributed by atoms with Crippen LogP contribution in [0.1, 0.15) is 0 Å². The topological polar surface area (TPSA) is 22.8 Å². The third-order valence-electron chi connectivity index (χ3n) is 12.4. The van der Waals surface area contributed by atoms with E-state index in [4.69, 9.17) is 0 Å². The lowest BCUT2D eigenvalue weighted by Gasteiger charge is -2.13. The quantitative estimate of drug-likeness (QED) is 0.158. The van der Waals surface area contributed by atoms with E-state index in [1.807, 2.05) is 18.5 Å². The Morgan fingerprint density at radius 1 is 0.274 bits per heavy atom. The van der Waals surface area contributed by atoms with Gasteiger partial charge in [0, 0.05) is 44.6 Å². The molecule has 0 aliphatic rings. The molecule has 0 radical (unpaired) electrons. The second kappa shape index (κ2) is 14.8. The number of nitrogens with zero attached hydrogens (tertiary/aromatic N) is 3. The maximum Gasteiger partial charge on any atom is 0.0645 e. The van der Waals surface area contributed by atoms with Crippen LogP contribution >= 0.6 is 0 Å². The molecule has 0 bridgehead atoms. The summed E-state index contributed by atoms with van der Waals surface area (Å²) < 4.78 is 4.85. The molecule has 0 N–H and O–H groups in total. The van der Waals surface area contributed by atoms with Gasteiger partial charge in [0.1, 0.15) is 0 Å². The predicted molar refractivity (Wildman–Crippen MR) is 260 cm³/mol. The molecule has 0 aliphatic heterocycles. The summed E-state index contributed by atoms with van der Waals surface area (Å²) in [7, 11) is 0. The molecule has 3 nitrogen and oxygen atoms in total. The number of rotatable bonds is 7. The number of hydrogen-bond donors (Lipinski definition) is 0. The summed E-state index contributed by atoms with van der Waals surface area (Å²) >= 11 is 0. The molecular formula is C59H39N3. The maximum absolute atomic E-state index is 4.59. The number of para-hydroxylation sites is 1. The second-order valence-corrected chi connectivity index (χ2v) is 16.0. The Morgan fingerprint density at radius 2 is 0.661 bits per heavy atom. The fourth-order valence-corrected chi connectivity index (χ4v) is 9.52. The minimum Gasteiger partial charge on any atom is -0.309 e. The van der Waals surface area contributed by atoms with Crippen LogP contribution in [0.2, 0.25) is 0 Å². The van der Waals surface area contributed by atoms with Crippen molar-refractivity contribution in [2.45, 2.75) is 0 Å². The molecule has 0 spiro atoms. The Kier molecular flexibility index (Phi) is 8.50. The lowest BCUT2D eigenvalue weighted by molar-refractivity contribution is 1.14. The molecule has 0 aliphatic carbocycles. The number of hydrogen-bond acceptors (Lipinski definition) is 1. The molecule has 0 fully saturated rings. The maximum atomic E-state index is 4.59. The van der Waals surface area contributed by atoms with Crippen LogP contribution < -0.4 is 0 Å². The number of aromatic nitrogens is 3. The second-order valence-electron chi connectivity index (χ2n) is 16.0. The van der Waals surface area contributed by atoms with Crippen molar-refractivity contribution in [2.75, 3.05) is 0 Å². The number of benzene rings is 9. The first kappa shape index (κ1) is 35.7. The molecule has 9 aromatic carbocycles. The molecule has 0 amide bonds. The first-order valence-electron chi connectivity index (χ1n) is 21.2. The summed E-state index contributed by atoms with van der Waals surface area (Å²) in [6.07, 6.45) is 3.81. The van der Waals surface area contributed by atoms with Gasteiger partial charge in [-0.3, -0.25) is 4.98 Å². The Hall–Kier alpha value is -8.27. The first-order valence-corrected chi connectivity index (χ1v) is 21.2. The lowest BCUT2D eigenvalue weighted by Crippen LogP contribution is -1.96. The lowest BCUT2D eigenvalue weighted by atomic mass is 9.94. The van der Waals surface area contributed by atoms with Crippen LogP contribution in [0.4, 0.5) is 0 Å². The van der Waals surface area contributed by atoms with Gasteiger partial charge in [-0.1, -0.05) is 152 Å². The minimum absolute atomic E-state index is 1.03. The summed E-state index contributed by atoms with van der Waals surface area (Å²) in [4.78, 5) is 4.59. The Balaban J connectivity index is 1.15. The van der Waals surface area contributed by atoms with E-state index in [1.165, 1.54) is 93.7 Å². The number of fused-ring (bicyclic) bond motifs is 6. The Morgan fingerprint density at radius 3 is 1.10 bits per heavy atom. The zero-order chi connectivity index (χ0) is 41.0. The third kappa shape index (κ3) is 5.94. The first-order chi connectivity index (χ1) is 30.8. The molecule has 3 aromatic heterocycles. The molecule has 12 aromatic rings. The van der Waals surface area contributed by atoms with Crippen LogP contribution in [0.15, 0.2) is 237 Å². The van der Waals surface area contributed by atoms with E-state index >= 15 is 0 Å². The van der Waals surface area contributed by atoms with Gasteiger partial charge in [0.05, 0.1) is 34.0 Å². The van der Waals surface area contributed by atoms with Crippen LogP contribution in [0.25, 0.3) is 111 Å². The minimum atomic E-state index is 1.03. The zero-order valence-electron chi connectivity index (χ0n) is 33.9. The molecular weight excluding hydrogens is 751 g/mol. The molecule has 0 atom stereocenters. The fourth-order valence-electron chi connectivity index (χ4n) is 9.52. The summed E-state index contributed by atoms with van der Waals surface area (Å²) in [5.41, 5.74) is 18.7. The molecule has 0 saturated carbocycles. The Bertz CT molecular complexity index is 3330. The van der Waals surface area contributed by atoms with Crippen molar-refractivity contribution in [1.29, 1.82) is 0 Å². The van der Waals surface area contributed by atoms with Crippen LogP contribution in [-0.4, -0.2) is 14.1 Å². The van der Waals surface area contributed by atoms with E-state index in [0.29, 0.717) is 0 Å². The van der Waals surface area contributed by atoms with E-state index in [-0.39, 0.29) is 0 Å². The molecule has 3 heteroatoms. The SMILES string of the molecule is c1ccc(-c2cc(-c3ccccc3)c3c(c2)c2cc(-c4ccc5c(c4)c4cc(-c6ccccc6)cc(-c6ccccc6)c4n5-c4cccnc4)ccc2n3-c2ccccc2)cc1.